The largest absolute Gasteiger partial charge is 0.497 e. The van der Waals surface area contributed by atoms with Crippen LogP contribution >= 0.6 is 0 Å². The summed E-state index contributed by atoms with van der Waals surface area (Å²) in [5, 5.41) is 0.828. The number of H-pyrrole nitrogens is 1. The topological polar surface area (TPSA) is 86.9 Å². The Labute approximate surface area is 181 Å². The molecule has 0 bridgehead atoms. The number of methoxy groups -OCH3 is 2. The molecule has 3 rings (SSSR count). The fraction of sp³-hybridized carbons (Fsp3) is 0.333. The second-order valence-electron chi connectivity index (χ2n) is 6.86. The van der Waals surface area contributed by atoms with Gasteiger partial charge in [0.15, 0.2) is 5.92 Å². The highest BCUT2D eigenvalue weighted by molar-refractivity contribution is 5.98. The number of rotatable bonds is 9. The van der Waals surface area contributed by atoms with E-state index in [0.717, 1.165) is 16.5 Å². The molecule has 0 aliphatic rings. The summed E-state index contributed by atoms with van der Waals surface area (Å²) < 4.78 is 21.5. The Morgan fingerprint density at radius 2 is 1.58 bits per heavy atom. The predicted octanol–water partition coefficient (Wildman–Crippen LogP) is 4.06. The normalized spacial score (nSPS) is 11.9. The average Bonchev–Trinajstić information content (AvgIpc) is 3.20. The van der Waals surface area contributed by atoms with Crippen molar-refractivity contribution < 1.29 is 28.5 Å². The SMILES string of the molecule is CCOC(=O)C(C(=O)OCC)[C@H](c1ccccc1OC)c1c[nH]c2ccc(OC)cc12. The van der Waals surface area contributed by atoms with Crippen LogP contribution in [0.2, 0.25) is 0 Å². The fourth-order valence-corrected chi connectivity index (χ4v) is 3.79. The molecule has 31 heavy (non-hydrogen) atoms. The van der Waals surface area contributed by atoms with E-state index < -0.39 is 23.8 Å². The van der Waals surface area contributed by atoms with Crippen LogP contribution in [0.15, 0.2) is 48.7 Å². The zero-order valence-electron chi connectivity index (χ0n) is 18.1. The van der Waals surface area contributed by atoms with E-state index >= 15 is 0 Å². The summed E-state index contributed by atoms with van der Waals surface area (Å²) in [7, 11) is 3.14. The average molecular weight is 425 g/mol. The number of para-hydroxylation sites is 1. The van der Waals surface area contributed by atoms with Crippen LogP contribution in [0.25, 0.3) is 10.9 Å². The second-order valence-corrected chi connectivity index (χ2v) is 6.86. The van der Waals surface area contributed by atoms with Gasteiger partial charge in [-0.15, -0.1) is 0 Å². The maximum Gasteiger partial charge on any atom is 0.321 e. The molecule has 164 valence electrons. The highest BCUT2D eigenvalue weighted by atomic mass is 16.6. The molecule has 0 saturated heterocycles. The van der Waals surface area contributed by atoms with Gasteiger partial charge in [-0.2, -0.15) is 0 Å². The van der Waals surface area contributed by atoms with Crippen LogP contribution in [0.1, 0.15) is 30.9 Å². The standard InChI is InChI=1S/C24H27NO6/c1-5-30-23(26)22(24(27)31-6-2)21(16-9-7-8-10-20(16)29-4)18-14-25-19-12-11-15(28-3)13-17(18)19/h7-14,21-22,25H,5-6H2,1-4H3/t21-/m1/s1. The molecule has 1 aromatic heterocycles. The van der Waals surface area contributed by atoms with E-state index in [2.05, 4.69) is 4.98 Å². The van der Waals surface area contributed by atoms with Crippen molar-refractivity contribution in [3.8, 4) is 11.5 Å². The van der Waals surface area contributed by atoms with Gasteiger partial charge in [-0.3, -0.25) is 9.59 Å². The monoisotopic (exact) mass is 425 g/mol. The van der Waals surface area contributed by atoms with Crippen molar-refractivity contribution in [2.75, 3.05) is 27.4 Å². The number of hydrogen-bond acceptors (Lipinski definition) is 6. The second kappa shape index (κ2) is 10.0. The molecule has 0 spiro atoms. The van der Waals surface area contributed by atoms with Gasteiger partial charge in [-0.25, -0.2) is 0 Å². The molecular weight excluding hydrogens is 398 g/mol. The van der Waals surface area contributed by atoms with Crippen molar-refractivity contribution in [3.63, 3.8) is 0 Å². The molecule has 0 unspecified atom stereocenters. The first-order valence-corrected chi connectivity index (χ1v) is 10.2. The Morgan fingerprint density at radius 1 is 0.903 bits per heavy atom. The number of carbonyl (C=O) groups is 2. The predicted molar refractivity (Wildman–Crippen MR) is 116 cm³/mol. The molecule has 7 heteroatoms. The van der Waals surface area contributed by atoms with Crippen LogP contribution < -0.4 is 9.47 Å². The van der Waals surface area contributed by atoms with Crippen molar-refractivity contribution in [1.29, 1.82) is 0 Å². The Bertz CT molecular complexity index is 1040. The van der Waals surface area contributed by atoms with Crippen LogP contribution in [-0.4, -0.2) is 44.4 Å². The van der Waals surface area contributed by atoms with Gasteiger partial charge < -0.3 is 23.9 Å². The lowest BCUT2D eigenvalue weighted by Gasteiger charge is -2.26. The third-order valence-corrected chi connectivity index (χ3v) is 5.14. The lowest BCUT2D eigenvalue weighted by Crippen LogP contribution is -2.34. The van der Waals surface area contributed by atoms with E-state index in [-0.39, 0.29) is 13.2 Å². The Balaban J connectivity index is 2.28. The minimum atomic E-state index is -1.21. The minimum absolute atomic E-state index is 0.148. The van der Waals surface area contributed by atoms with Crippen molar-refractivity contribution in [1.82, 2.24) is 4.98 Å². The molecule has 1 heterocycles. The van der Waals surface area contributed by atoms with E-state index in [0.29, 0.717) is 17.1 Å². The highest BCUT2D eigenvalue weighted by Gasteiger charge is 2.41. The van der Waals surface area contributed by atoms with Crippen molar-refractivity contribution in [3.05, 3.63) is 59.8 Å². The number of ether oxygens (including phenoxy) is 4. The van der Waals surface area contributed by atoms with Gasteiger partial charge in [0.2, 0.25) is 0 Å². The van der Waals surface area contributed by atoms with Gasteiger partial charge in [0.05, 0.1) is 27.4 Å². The summed E-state index contributed by atoms with van der Waals surface area (Å²) in [6, 6.07) is 12.9. The molecule has 2 aromatic carbocycles. The van der Waals surface area contributed by atoms with Crippen molar-refractivity contribution in [2.24, 2.45) is 5.92 Å². The highest BCUT2D eigenvalue weighted by Crippen LogP contribution is 2.42. The first kappa shape index (κ1) is 22.2. The van der Waals surface area contributed by atoms with E-state index in [4.69, 9.17) is 18.9 Å². The van der Waals surface area contributed by atoms with Crippen LogP contribution in [-0.2, 0) is 19.1 Å². The Morgan fingerprint density at radius 3 is 2.19 bits per heavy atom. The molecule has 1 atom stereocenters. The van der Waals surface area contributed by atoms with Crippen molar-refractivity contribution >= 4 is 22.8 Å². The molecule has 3 aromatic rings. The number of carbonyl (C=O) groups excluding carboxylic acids is 2. The summed E-state index contributed by atoms with van der Waals surface area (Å²) in [5.74, 6) is -1.97. The first-order valence-electron chi connectivity index (χ1n) is 10.2. The van der Waals surface area contributed by atoms with Crippen molar-refractivity contribution in [2.45, 2.75) is 19.8 Å². The molecule has 0 fully saturated rings. The number of hydrogen-bond donors (Lipinski definition) is 1. The van der Waals surface area contributed by atoms with E-state index in [1.165, 1.54) is 0 Å². The maximum absolute atomic E-state index is 13.0. The number of aromatic nitrogens is 1. The van der Waals surface area contributed by atoms with Crippen LogP contribution in [0.4, 0.5) is 0 Å². The lowest BCUT2D eigenvalue weighted by atomic mass is 9.80. The smallest absolute Gasteiger partial charge is 0.321 e. The summed E-state index contributed by atoms with van der Waals surface area (Å²) in [4.78, 5) is 29.3. The first-order chi connectivity index (χ1) is 15.0. The van der Waals surface area contributed by atoms with E-state index in [1.54, 1.807) is 40.3 Å². The van der Waals surface area contributed by atoms with Gasteiger partial charge in [0, 0.05) is 28.6 Å². The molecule has 0 aliphatic heterocycles. The van der Waals surface area contributed by atoms with Gasteiger partial charge >= 0.3 is 11.9 Å². The molecule has 0 saturated carbocycles. The maximum atomic E-state index is 13.0. The van der Waals surface area contributed by atoms with Crippen LogP contribution in [0.3, 0.4) is 0 Å². The number of fused-ring (bicyclic) bond motifs is 1. The van der Waals surface area contributed by atoms with Gasteiger partial charge in [-0.05, 0) is 43.7 Å². The molecule has 0 radical (unpaired) electrons. The van der Waals surface area contributed by atoms with Gasteiger partial charge in [0.25, 0.3) is 0 Å². The van der Waals surface area contributed by atoms with E-state index in [1.807, 2.05) is 36.4 Å². The number of aromatic amines is 1. The zero-order chi connectivity index (χ0) is 22.4. The third-order valence-electron chi connectivity index (χ3n) is 5.14. The molecule has 0 aliphatic carbocycles. The minimum Gasteiger partial charge on any atom is -0.497 e. The van der Waals surface area contributed by atoms with Crippen LogP contribution in [0, 0.1) is 5.92 Å². The lowest BCUT2D eigenvalue weighted by molar-refractivity contribution is -0.162. The number of benzene rings is 2. The fourth-order valence-electron chi connectivity index (χ4n) is 3.79. The third kappa shape index (κ3) is 4.50. The zero-order valence-corrected chi connectivity index (χ0v) is 18.1. The molecular formula is C24H27NO6. The quantitative estimate of drug-likeness (QED) is 0.411. The van der Waals surface area contributed by atoms with E-state index in [9.17, 15) is 9.59 Å². The van der Waals surface area contributed by atoms with Gasteiger partial charge in [-0.1, -0.05) is 18.2 Å². The number of nitrogens with one attached hydrogen (secondary N) is 1. The summed E-state index contributed by atoms with van der Waals surface area (Å²) >= 11 is 0. The summed E-state index contributed by atoms with van der Waals surface area (Å²) in [6.07, 6.45) is 1.80. The molecule has 7 nitrogen and oxygen atoms in total. The Hall–Kier alpha value is -3.48. The molecule has 1 N–H and O–H groups in total. The summed E-state index contributed by atoms with van der Waals surface area (Å²) in [6.45, 7) is 3.70. The Kier molecular flexibility index (Phi) is 7.18. The van der Waals surface area contributed by atoms with Gasteiger partial charge in [0.1, 0.15) is 11.5 Å². The molecule has 0 amide bonds. The summed E-state index contributed by atoms with van der Waals surface area (Å²) in [5.41, 5.74) is 2.27. The number of esters is 2. The van der Waals surface area contributed by atoms with Crippen LogP contribution in [0.5, 0.6) is 11.5 Å².